The minimum atomic E-state index is -0.417. The number of rotatable bonds is 6. The molecule has 1 aromatic rings. The molecule has 1 rings (SSSR count). The summed E-state index contributed by atoms with van der Waals surface area (Å²) in [4.78, 5) is 26.3. The minimum Gasteiger partial charge on any atom is -0.461 e. The maximum absolute atomic E-state index is 11.3. The maximum Gasteiger partial charge on any atom is 0.357 e. The van der Waals surface area contributed by atoms with Gasteiger partial charge in [-0.1, -0.05) is 0 Å². The van der Waals surface area contributed by atoms with E-state index in [0.29, 0.717) is 25.3 Å². The van der Waals surface area contributed by atoms with E-state index >= 15 is 0 Å². The summed E-state index contributed by atoms with van der Waals surface area (Å²) in [5.74, 6) is -0.681. The molecule has 1 N–H and O–H groups in total. The van der Waals surface area contributed by atoms with Crippen LogP contribution in [0.3, 0.4) is 0 Å². The van der Waals surface area contributed by atoms with Crippen molar-refractivity contribution in [3.05, 3.63) is 16.1 Å². The van der Waals surface area contributed by atoms with Gasteiger partial charge in [-0.05, 0) is 6.92 Å². The lowest BCUT2D eigenvalue weighted by Gasteiger charge is -1.99. The predicted molar refractivity (Wildman–Crippen MR) is 65.5 cm³/mol. The fourth-order valence-corrected chi connectivity index (χ4v) is 1.94. The Morgan fingerprint density at radius 3 is 3.00 bits per heavy atom. The summed E-state index contributed by atoms with van der Waals surface area (Å²) in [5, 5.41) is 5.05. The standard InChI is InChI=1S/C10H13ClN2O3S/c1-2-16-10(15)7-6-17-9(13-7)3-4-12-8(14)5-11/h6H,2-5H2,1H3,(H,12,14). The lowest BCUT2D eigenvalue weighted by molar-refractivity contribution is -0.118. The molecule has 94 valence electrons. The van der Waals surface area contributed by atoms with Gasteiger partial charge < -0.3 is 10.1 Å². The first kappa shape index (κ1) is 13.9. The summed E-state index contributed by atoms with van der Waals surface area (Å²) >= 11 is 6.69. The second-order valence-corrected chi connectivity index (χ2v) is 4.29. The third-order valence-electron chi connectivity index (χ3n) is 1.82. The van der Waals surface area contributed by atoms with Gasteiger partial charge in [-0.2, -0.15) is 0 Å². The van der Waals surface area contributed by atoms with Gasteiger partial charge in [-0.25, -0.2) is 9.78 Å². The van der Waals surface area contributed by atoms with Crippen molar-refractivity contribution < 1.29 is 14.3 Å². The summed E-state index contributed by atoms with van der Waals surface area (Å²) in [5.41, 5.74) is 0.315. The van der Waals surface area contributed by atoms with Gasteiger partial charge in [0.15, 0.2) is 5.69 Å². The second kappa shape index (κ2) is 7.24. The van der Waals surface area contributed by atoms with Gasteiger partial charge in [-0.15, -0.1) is 22.9 Å². The number of nitrogens with one attached hydrogen (secondary N) is 1. The molecule has 0 aliphatic heterocycles. The lowest BCUT2D eigenvalue weighted by Crippen LogP contribution is -2.26. The van der Waals surface area contributed by atoms with Crippen LogP contribution in [-0.4, -0.2) is 35.9 Å². The fourth-order valence-electron chi connectivity index (χ4n) is 1.08. The first-order valence-electron chi connectivity index (χ1n) is 5.11. The van der Waals surface area contributed by atoms with Crippen molar-refractivity contribution in [3.63, 3.8) is 0 Å². The summed E-state index contributed by atoms with van der Waals surface area (Å²) < 4.78 is 4.82. The fraction of sp³-hybridized carbons (Fsp3) is 0.500. The van der Waals surface area contributed by atoms with Crippen LogP contribution < -0.4 is 5.32 Å². The number of amides is 1. The van der Waals surface area contributed by atoms with Crippen LogP contribution in [0.1, 0.15) is 22.4 Å². The molecule has 5 nitrogen and oxygen atoms in total. The molecule has 1 aromatic heterocycles. The highest BCUT2D eigenvalue weighted by atomic mass is 35.5. The molecule has 0 saturated heterocycles. The number of alkyl halides is 1. The van der Waals surface area contributed by atoms with Gasteiger partial charge in [0, 0.05) is 18.3 Å². The minimum absolute atomic E-state index is 0.0497. The molecule has 0 atom stereocenters. The average Bonchev–Trinajstić information content (AvgIpc) is 2.78. The van der Waals surface area contributed by atoms with E-state index in [1.54, 1.807) is 12.3 Å². The van der Waals surface area contributed by atoms with Crippen LogP contribution in [0.25, 0.3) is 0 Å². The van der Waals surface area contributed by atoms with Gasteiger partial charge in [-0.3, -0.25) is 4.79 Å². The number of carbonyl (C=O) groups is 2. The van der Waals surface area contributed by atoms with Gasteiger partial charge in [0.05, 0.1) is 11.6 Å². The Labute approximate surface area is 108 Å². The van der Waals surface area contributed by atoms with Crippen molar-refractivity contribution >= 4 is 34.8 Å². The average molecular weight is 277 g/mol. The summed E-state index contributed by atoms with van der Waals surface area (Å²) in [7, 11) is 0. The molecule has 0 saturated carbocycles. The third-order valence-corrected chi connectivity index (χ3v) is 2.97. The van der Waals surface area contributed by atoms with Gasteiger partial charge in [0.1, 0.15) is 5.88 Å². The van der Waals surface area contributed by atoms with E-state index in [9.17, 15) is 9.59 Å². The van der Waals surface area contributed by atoms with E-state index in [1.165, 1.54) is 11.3 Å². The molecule has 7 heteroatoms. The zero-order chi connectivity index (χ0) is 12.7. The van der Waals surface area contributed by atoms with Crippen molar-refractivity contribution in [1.29, 1.82) is 0 Å². The quantitative estimate of drug-likeness (QED) is 0.627. The maximum atomic E-state index is 11.3. The zero-order valence-electron chi connectivity index (χ0n) is 9.36. The second-order valence-electron chi connectivity index (χ2n) is 3.08. The third kappa shape index (κ3) is 4.70. The monoisotopic (exact) mass is 276 g/mol. The zero-order valence-corrected chi connectivity index (χ0v) is 10.9. The summed E-state index contributed by atoms with van der Waals surface area (Å²) in [6.45, 7) is 2.53. The first-order chi connectivity index (χ1) is 8.17. The van der Waals surface area contributed by atoms with E-state index in [-0.39, 0.29) is 11.8 Å². The number of carbonyl (C=O) groups excluding carboxylic acids is 2. The molecular weight excluding hydrogens is 264 g/mol. The number of hydrogen-bond acceptors (Lipinski definition) is 5. The van der Waals surface area contributed by atoms with Crippen LogP contribution in [0.2, 0.25) is 0 Å². The van der Waals surface area contributed by atoms with Crippen molar-refractivity contribution in [2.45, 2.75) is 13.3 Å². The molecule has 1 heterocycles. The van der Waals surface area contributed by atoms with Crippen LogP contribution >= 0.6 is 22.9 Å². The van der Waals surface area contributed by atoms with Crippen LogP contribution in [0.5, 0.6) is 0 Å². The van der Waals surface area contributed by atoms with E-state index in [1.807, 2.05) is 0 Å². The van der Waals surface area contributed by atoms with Crippen molar-refractivity contribution in [1.82, 2.24) is 10.3 Å². The molecule has 1 amide bonds. The molecule has 0 unspecified atom stereocenters. The van der Waals surface area contributed by atoms with Crippen LogP contribution in [0, 0.1) is 0 Å². The van der Waals surface area contributed by atoms with Gasteiger partial charge in [0.25, 0.3) is 0 Å². The van der Waals surface area contributed by atoms with Gasteiger partial charge in [0.2, 0.25) is 5.91 Å². The number of hydrogen-bond donors (Lipinski definition) is 1. The molecule has 0 spiro atoms. The number of halogens is 1. The van der Waals surface area contributed by atoms with Crippen molar-refractivity contribution in [3.8, 4) is 0 Å². The molecule has 0 fully saturated rings. The van der Waals surface area contributed by atoms with E-state index < -0.39 is 5.97 Å². The largest absolute Gasteiger partial charge is 0.461 e. The Kier molecular flexibility index (Phi) is 5.93. The molecule has 0 bridgehead atoms. The molecule has 0 radical (unpaired) electrons. The lowest BCUT2D eigenvalue weighted by atomic mass is 10.4. The highest BCUT2D eigenvalue weighted by Gasteiger charge is 2.11. The van der Waals surface area contributed by atoms with Crippen LogP contribution in [-0.2, 0) is 16.0 Å². The summed E-state index contributed by atoms with van der Waals surface area (Å²) in [6, 6.07) is 0. The Bertz CT molecular complexity index is 395. The number of aromatic nitrogens is 1. The smallest absolute Gasteiger partial charge is 0.357 e. The van der Waals surface area contributed by atoms with E-state index in [4.69, 9.17) is 16.3 Å². The SMILES string of the molecule is CCOC(=O)c1csc(CCNC(=O)CCl)n1. The Hall–Kier alpha value is -1.14. The topological polar surface area (TPSA) is 68.3 Å². The van der Waals surface area contributed by atoms with Crippen LogP contribution in [0.4, 0.5) is 0 Å². The number of nitrogens with zero attached hydrogens (tertiary/aromatic N) is 1. The number of ether oxygens (including phenoxy) is 1. The van der Waals surface area contributed by atoms with Crippen LogP contribution in [0.15, 0.2) is 5.38 Å². The van der Waals surface area contributed by atoms with Crippen molar-refractivity contribution in [2.24, 2.45) is 0 Å². The van der Waals surface area contributed by atoms with Gasteiger partial charge >= 0.3 is 5.97 Å². The Balaban J connectivity index is 2.40. The highest BCUT2D eigenvalue weighted by Crippen LogP contribution is 2.11. The Morgan fingerprint density at radius 1 is 1.59 bits per heavy atom. The molecule has 0 aliphatic rings. The summed E-state index contributed by atoms with van der Waals surface area (Å²) in [6.07, 6.45) is 0.576. The molecular formula is C10H13ClN2O3S. The highest BCUT2D eigenvalue weighted by molar-refractivity contribution is 7.09. The molecule has 0 aromatic carbocycles. The van der Waals surface area contributed by atoms with E-state index in [0.717, 1.165) is 5.01 Å². The Morgan fingerprint density at radius 2 is 2.35 bits per heavy atom. The predicted octanol–water partition coefficient (Wildman–Crippen LogP) is 1.22. The van der Waals surface area contributed by atoms with E-state index in [2.05, 4.69) is 10.3 Å². The molecule has 17 heavy (non-hydrogen) atoms. The van der Waals surface area contributed by atoms with Crippen molar-refractivity contribution in [2.75, 3.05) is 19.0 Å². The first-order valence-corrected chi connectivity index (χ1v) is 6.53. The number of esters is 1. The normalized spacial score (nSPS) is 10.0. The molecule has 0 aliphatic carbocycles. The number of thiazole rings is 1.